The predicted octanol–water partition coefficient (Wildman–Crippen LogP) is 2.13. The molecule has 1 aliphatic rings. The first-order valence-corrected chi connectivity index (χ1v) is 6.37. The lowest BCUT2D eigenvalue weighted by Gasteiger charge is -2.25. The molecular formula is C15H15NO3. The van der Waals surface area contributed by atoms with E-state index < -0.39 is 17.8 Å². The van der Waals surface area contributed by atoms with Crippen molar-refractivity contribution in [2.45, 2.75) is 19.8 Å². The van der Waals surface area contributed by atoms with Crippen LogP contribution in [0.5, 0.6) is 0 Å². The highest BCUT2D eigenvalue weighted by atomic mass is 16.5. The second-order valence-electron chi connectivity index (χ2n) is 4.53. The van der Waals surface area contributed by atoms with E-state index in [2.05, 4.69) is 0 Å². The lowest BCUT2D eigenvalue weighted by atomic mass is 9.76. The summed E-state index contributed by atoms with van der Waals surface area (Å²) in [7, 11) is 0. The van der Waals surface area contributed by atoms with Gasteiger partial charge >= 0.3 is 5.97 Å². The normalized spacial score (nSPS) is 19.2. The molecule has 2 atom stereocenters. The van der Waals surface area contributed by atoms with Crippen molar-refractivity contribution in [2.24, 2.45) is 11.8 Å². The van der Waals surface area contributed by atoms with E-state index in [1.54, 1.807) is 19.1 Å². The molecule has 0 bridgehead atoms. The van der Waals surface area contributed by atoms with Crippen LogP contribution >= 0.6 is 0 Å². The summed E-state index contributed by atoms with van der Waals surface area (Å²) in [4.78, 5) is 24.1. The summed E-state index contributed by atoms with van der Waals surface area (Å²) in [5.74, 6) is -2.30. The second kappa shape index (κ2) is 5.66. The summed E-state index contributed by atoms with van der Waals surface area (Å²) in [6.07, 6.45) is 1.23. The lowest BCUT2D eigenvalue weighted by Crippen LogP contribution is -2.34. The predicted molar refractivity (Wildman–Crippen MR) is 68.3 cm³/mol. The zero-order valence-corrected chi connectivity index (χ0v) is 10.8. The summed E-state index contributed by atoms with van der Waals surface area (Å²) in [6.45, 7) is 1.90. The quantitative estimate of drug-likeness (QED) is 0.778. The number of Topliss-reactive ketones (excluding diaryl/α,β-unsaturated/α-hetero) is 1. The summed E-state index contributed by atoms with van der Waals surface area (Å²) in [5, 5.41) is 9.14. The molecule has 4 heteroatoms. The van der Waals surface area contributed by atoms with Crippen LogP contribution in [0.4, 0.5) is 0 Å². The standard InChI is InChI=1S/C15H15NO3/c1-2-19-15(18)13(9-16)12-8-7-10-5-3-4-6-11(10)14(12)17/h3-6,12-13H,2,7-8H2,1H3. The van der Waals surface area contributed by atoms with Gasteiger partial charge in [0.25, 0.3) is 0 Å². The van der Waals surface area contributed by atoms with Crippen molar-refractivity contribution in [3.63, 3.8) is 0 Å². The van der Waals surface area contributed by atoms with E-state index >= 15 is 0 Å². The number of fused-ring (bicyclic) bond motifs is 1. The third-order valence-electron chi connectivity index (χ3n) is 3.43. The zero-order chi connectivity index (χ0) is 13.8. The molecule has 0 amide bonds. The molecule has 0 fully saturated rings. The molecule has 0 heterocycles. The number of aryl methyl sites for hydroxylation is 1. The van der Waals surface area contributed by atoms with Crippen molar-refractivity contribution in [1.29, 1.82) is 5.26 Å². The SMILES string of the molecule is CCOC(=O)C(C#N)C1CCc2ccccc2C1=O. The fraction of sp³-hybridized carbons (Fsp3) is 0.400. The number of nitrogens with zero attached hydrogens (tertiary/aromatic N) is 1. The van der Waals surface area contributed by atoms with Crippen LogP contribution in [0, 0.1) is 23.2 Å². The Labute approximate surface area is 112 Å². The van der Waals surface area contributed by atoms with Gasteiger partial charge in [-0.1, -0.05) is 24.3 Å². The van der Waals surface area contributed by atoms with E-state index in [0.29, 0.717) is 18.4 Å². The molecular weight excluding hydrogens is 242 g/mol. The number of esters is 1. The molecule has 1 aromatic carbocycles. The number of ketones is 1. The van der Waals surface area contributed by atoms with Crippen LogP contribution in [0.2, 0.25) is 0 Å². The van der Waals surface area contributed by atoms with Crippen LogP contribution < -0.4 is 0 Å². The summed E-state index contributed by atoms with van der Waals surface area (Å²) in [5.41, 5.74) is 1.62. The first kappa shape index (κ1) is 13.3. The van der Waals surface area contributed by atoms with Gasteiger partial charge in [0.05, 0.1) is 12.7 Å². The summed E-state index contributed by atoms with van der Waals surface area (Å²) in [6, 6.07) is 9.27. The van der Waals surface area contributed by atoms with Crippen molar-refractivity contribution in [1.82, 2.24) is 0 Å². The highest BCUT2D eigenvalue weighted by Crippen LogP contribution is 2.30. The molecule has 0 aromatic heterocycles. The molecule has 98 valence electrons. The third-order valence-corrected chi connectivity index (χ3v) is 3.43. The van der Waals surface area contributed by atoms with Gasteiger partial charge in [-0.25, -0.2) is 0 Å². The van der Waals surface area contributed by atoms with Crippen LogP contribution in [0.25, 0.3) is 0 Å². The third kappa shape index (κ3) is 2.50. The Balaban J connectivity index is 2.26. The number of ether oxygens (including phenoxy) is 1. The Morgan fingerprint density at radius 2 is 2.26 bits per heavy atom. The van der Waals surface area contributed by atoms with Gasteiger partial charge in [-0.2, -0.15) is 5.26 Å². The maximum absolute atomic E-state index is 12.4. The number of carbonyl (C=O) groups excluding carboxylic acids is 2. The lowest BCUT2D eigenvalue weighted by molar-refractivity contribution is -0.147. The topological polar surface area (TPSA) is 67.2 Å². The van der Waals surface area contributed by atoms with Crippen molar-refractivity contribution >= 4 is 11.8 Å². The molecule has 19 heavy (non-hydrogen) atoms. The Hall–Kier alpha value is -2.15. The van der Waals surface area contributed by atoms with E-state index in [9.17, 15) is 9.59 Å². The number of nitriles is 1. The molecule has 0 spiro atoms. The monoisotopic (exact) mass is 257 g/mol. The molecule has 1 aromatic rings. The summed E-state index contributed by atoms with van der Waals surface area (Å²) < 4.78 is 4.87. The van der Waals surface area contributed by atoms with E-state index in [0.717, 1.165) is 5.56 Å². The molecule has 0 N–H and O–H groups in total. The first-order chi connectivity index (χ1) is 9.19. The fourth-order valence-electron chi connectivity index (χ4n) is 2.48. The Kier molecular flexibility index (Phi) is 3.96. The molecule has 1 aliphatic carbocycles. The van der Waals surface area contributed by atoms with Gasteiger partial charge in [-0.3, -0.25) is 9.59 Å². The van der Waals surface area contributed by atoms with Crippen molar-refractivity contribution in [3.8, 4) is 6.07 Å². The Morgan fingerprint density at radius 1 is 1.53 bits per heavy atom. The van der Waals surface area contributed by atoms with Crippen LogP contribution in [0.15, 0.2) is 24.3 Å². The molecule has 0 saturated carbocycles. The minimum Gasteiger partial charge on any atom is -0.465 e. The molecule has 2 rings (SSSR count). The van der Waals surface area contributed by atoms with Gasteiger partial charge in [-0.05, 0) is 25.3 Å². The van der Waals surface area contributed by atoms with Crippen LogP contribution in [-0.4, -0.2) is 18.4 Å². The Bertz CT molecular complexity index is 545. The molecule has 0 radical (unpaired) electrons. The van der Waals surface area contributed by atoms with Gasteiger partial charge in [-0.15, -0.1) is 0 Å². The number of hydrogen-bond acceptors (Lipinski definition) is 4. The van der Waals surface area contributed by atoms with Gasteiger partial charge in [0.1, 0.15) is 0 Å². The maximum atomic E-state index is 12.4. The van der Waals surface area contributed by atoms with Gasteiger partial charge in [0, 0.05) is 11.5 Å². The van der Waals surface area contributed by atoms with Crippen LogP contribution in [0.3, 0.4) is 0 Å². The number of hydrogen-bond donors (Lipinski definition) is 0. The van der Waals surface area contributed by atoms with Crippen molar-refractivity contribution in [2.75, 3.05) is 6.61 Å². The van der Waals surface area contributed by atoms with Crippen molar-refractivity contribution < 1.29 is 14.3 Å². The average Bonchev–Trinajstić information content (AvgIpc) is 2.43. The summed E-state index contributed by atoms with van der Waals surface area (Å²) >= 11 is 0. The van der Waals surface area contributed by atoms with Gasteiger partial charge < -0.3 is 4.74 Å². The number of carbonyl (C=O) groups is 2. The minimum absolute atomic E-state index is 0.124. The highest BCUT2D eigenvalue weighted by molar-refractivity contribution is 6.02. The number of benzene rings is 1. The first-order valence-electron chi connectivity index (χ1n) is 6.37. The molecule has 0 saturated heterocycles. The largest absolute Gasteiger partial charge is 0.465 e. The molecule has 2 unspecified atom stereocenters. The number of rotatable bonds is 3. The zero-order valence-electron chi connectivity index (χ0n) is 10.8. The van der Waals surface area contributed by atoms with Crippen molar-refractivity contribution in [3.05, 3.63) is 35.4 Å². The van der Waals surface area contributed by atoms with Crippen LogP contribution in [0.1, 0.15) is 29.3 Å². The van der Waals surface area contributed by atoms with E-state index in [4.69, 9.17) is 10.00 Å². The smallest absolute Gasteiger partial charge is 0.324 e. The van der Waals surface area contributed by atoms with E-state index in [1.807, 2.05) is 18.2 Å². The van der Waals surface area contributed by atoms with Gasteiger partial charge in [0.15, 0.2) is 11.7 Å². The highest BCUT2D eigenvalue weighted by Gasteiger charge is 2.38. The second-order valence-corrected chi connectivity index (χ2v) is 4.53. The Morgan fingerprint density at radius 3 is 2.95 bits per heavy atom. The molecule has 4 nitrogen and oxygen atoms in total. The van der Waals surface area contributed by atoms with E-state index in [1.165, 1.54) is 0 Å². The van der Waals surface area contributed by atoms with E-state index in [-0.39, 0.29) is 12.4 Å². The average molecular weight is 257 g/mol. The fourth-order valence-corrected chi connectivity index (χ4v) is 2.48. The van der Waals surface area contributed by atoms with Crippen LogP contribution in [-0.2, 0) is 16.0 Å². The van der Waals surface area contributed by atoms with Gasteiger partial charge in [0.2, 0.25) is 0 Å². The molecule has 0 aliphatic heterocycles. The maximum Gasteiger partial charge on any atom is 0.324 e. The minimum atomic E-state index is -0.999.